The molecule has 0 saturated carbocycles. The standard InChI is InChI=1S/C7H10O.C4H8O2/c1-6(8)7-4-2-3-5-7;1-3(2)4(5)6/h4H,2-3,5H2,1H3;3H,1-2H3,(H,5,6). The van der Waals surface area contributed by atoms with Crippen LogP contribution in [0.25, 0.3) is 0 Å². The Hall–Kier alpha value is -1.12. The number of carbonyl (C=O) groups excluding carboxylic acids is 1. The molecule has 0 aromatic carbocycles. The highest BCUT2D eigenvalue weighted by molar-refractivity contribution is 5.93. The number of allylic oxidation sites excluding steroid dienone is 2. The van der Waals surface area contributed by atoms with E-state index in [2.05, 4.69) is 0 Å². The van der Waals surface area contributed by atoms with E-state index >= 15 is 0 Å². The number of rotatable bonds is 2. The highest BCUT2D eigenvalue weighted by Gasteiger charge is 2.06. The quantitative estimate of drug-likeness (QED) is 0.741. The smallest absolute Gasteiger partial charge is 0.305 e. The Morgan fingerprint density at radius 2 is 1.93 bits per heavy atom. The lowest BCUT2D eigenvalue weighted by Gasteiger charge is -1.89. The summed E-state index contributed by atoms with van der Waals surface area (Å²) in [4.78, 5) is 20.3. The molecule has 0 aromatic heterocycles. The van der Waals surface area contributed by atoms with Crippen molar-refractivity contribution in [3.63, 3.8) is 0 Å². The second-order valence-corrected chi connectivity index (χ2v) is 3.67. The predicted molar refractivity (Wildman–Crippen MR) is 55.1 cm³/mol. The molecule has 3 nitrogen and oxygen atoms in total. The number of hydrogen-bond acceptors (Lipinski definition) is 2. The summed E-state index contributed by atoms with van der Waals surface area (Å²) in [5.41, 5.74) is 1.03. The van der Waals surface area contributed by atoms with E-state index in [1.807, 2.05) is 6.08 Å². The van der Waals surface area contributed by atoms with Gasteiger partial charge in [0.05, 0.1) is 5.92 Å². The average Bonchev–Trinajstić information content (AvgIpc) is 2.56. The summed E-state index contributed by atoms with van der Waals surface area (Å²) in [5.74, 6) is -0.720. The number of carboxylic acid groups (broad SMARTS) is 1. The molecule has 0 heterocycles. The second kappa shape index (κ2) is 6.35. The first-order valence-corrected chi connectivity index (χ1v) is 4.88. The van der Waals surface area contributed by atoms with Crippen LogP contribution in [0.3, 0.4) is 0 Å². The van der Waals surface area contributed by atoms with E-state index in [1.54, 1.807) is 20.8 Å². The van der Waals surface area contributed by atoms with Gasteiger partial charge in [0.15, 0.2) is 5.78 Å². The minimum absolute atomic E-state index is 0.231. The van der Waals surface area contributed by atoms with E-state index < -0.39 is 5.97 Å². The van der Waals surface area contributed by atoms with Gasteiger partial charge in [0, 0.05) is 0 Å². The SMILES string of the molecule is CC(=O)C1=CCCC1.CC(C)C(=O)O. The van der Waals surface area contributed by atoms with Crippen LogP contribution in [0, 0.1) is 5.92 Å². The fraction of sp³-hybridized carbons (Fsp3) is 0.636. The summed E-state index contributed by atoms with van der Waals surface area (Å²) >= 11 is 0. The van der Waals surface area contributed by atoms with E-state index in [-0.39, 0.29) is 11.7 Å². The zero-order valence-corrected chi connectivity index (χ0v) is 9.04. The van der Waals surface area contributed by atoms with Crippen molar-refractivity contribution < 1.29 is 14.7 Å². The molecule has 14 heavy (non-hydrogen) atoms. The van der Waals surface area contributed by atoms with Crippen LogP contribution < -0.4 is 0 Å². The number of carboxylic acids is 1. The van der Waals surface area contributed by atoms with E-state index in [0.29, 0.717) is 0 Å². The Balaban J connectivity index is 0.000000255. The largest absolute Gasteiger partial charge is 0.481 e. The minimum Gasteiger partial charge on any atom is -0.481 e. The first kappa shape index (κ1) is 12.9. The predicted octanol–water partition coefficient (Wildman–Crippen LogP) is 2.41. The summed E-state index contributed by atoms with van der Waals surface area (Å²) in [7, 11) is 0. The van der Waals surface area contributed by atoms with Gasteiger partial charge in [-0.05, 0) is 31.8 Å². The molecule has 0 fully saturated rings. The van der Waals surface area contributed by atoms with Gasteiger partial charge in [-0.2, -0.15) is 0 Å². The zero-order valence-electron chi connectivity index (χ0n) is 9.04. The van der Waals surface area contributed by atoms with E-state index in [0.717, 1.165) is 18.4 Å². The van der Waals surface area contributed by atoms with Gasteiger partial charge in [0.25, 0.3) is 0 Å². The summed E-state index contributed by atoms with van der Waals surface area (Å²) in [6.45, 7) is 4.92. The number of ketones is 1. The molecular weight excluding hydrogens is 180 g/mol. The Morgan fingerprint density at radius 3 is 2.07 bits per heavy atom. The summed E-state index contributed by atoms with van der Waals surface area (Å²) in [5, 5.41) is 7.99. The first-order valence-electron chi connectivity index (χ1n) is 4.88. The Labute approximate surface area is 84.8 Å². The average molecular weight is 198 g/mol. The Bertz CT molecular complexity index is 239. The first-order chi connectivity index (χ1) is 6.45. The van der Waals surface area contributed by atoms with Crippen LogP contribution in [-0.2, 0) is 9.59 Å². The van der Waals surface area contributed by atoms with Crippen LogP contribution in [0.4, 0.5) is 0 Å². The third-order valence-electron chi connectivity index (χ3n) is 1.99. The molecule has 0 bridgehead atoms. The lowest BCUT2D eigenvalue weighted by molar-refractivity contribution is -0.140. The summed E-state index contributed by atoms with van der Waals surface area (Å²) < 4.78 is 0. The molecule has 1 rings (SSSR count). The number of Topliss-reactive ketones (excluding diaryl/α,β-unsaturated/α-hetero) is 1. The summed E-state index contributed by atoms with van der Waals surface area (Å²) in [6.07, 6.45) is 5.33. The van der Waals surface area contributed by atoms with Gasteiger partial charge < -0.3 is 5.11 Å². The topological polar surface area (TPSA) is 54.4 Å². The van der Waals surface area contributed by atoms with Crippen molar-refractivity contribution in [3.05, 3.63) is 11.6 Å². The molecule has 0 aliphatic heterocycles. The number of carbonyl (C=O) groups is 2. The van der Waals surface area contributed by atoms with Gasteiger partial charge in [-0.1, -0.05) is 19.9 Å². The fourth-order valence-electron chi connectivity index (χ4n) is 0.991. The molecule has 1 aliphatic carbocycles. The lowest BCUT2D eigenvalue weighted by atomic mass is 10.2. The van der Waals surface area contributed by atoms with Crippen molar-refractivity contribution in [2.75, 3.05) is 0 Å². The van der Waals surface area contributed by atoms with E-state index in [9.17, 15) is 9.59 Å². The van der Waals surface area contributed by atoms with E-state index in [4.69, 9.17) is 5.11 Å². The molecule has 1 aliphatic rings. The number of hydrogen-bond donors (Lipinski definition) is 1. The van der Waals surface area contributed by atoms with E-state index in [1.165, 1.54) is 6.42 Å². The molecule has 0 atom stereocenters. The van der Waals surface area contributed by atoms with Crippen LogP contribution in [0.1, 0.15) is 40.0 Å². The van der Waals surface area contributed by atoms with Crippen molar-refractivity contribution in [3.8, 4) is 0 Å². The van der Waals surface area contributed by atoms with Crippen LogP contribution >= 0.6 is 0 Å². The maximum atomic E-state index is 10.6. The molecule has 0 spiro atoms. The van der Waals surface area contributed by atoms with Gasteiger partial charge in [-0.3, -0.25) is 9.59 Å². The highest BCUT2D eigenvalue weighted by Crippen LogP contribution is 2.17. The van der Waals surface area contributed by atoms with Crippen LogP contribution in [0.2, 0.25) is 0 Å². The van der Waals surface area contributed by atoms with Crippen molar-refractivity contribution in [2.45, 2.75) is 40.0 Å². The molecule has 3 heteroatoms. The normalized spacial score (nSPS) is 14.4. The maximum absolute atomic E-state index is 10.6. The Morgan fingerprint density at radius 1 is 1.43 bits per heavy atom. The van der Waals surface area contributed by atoms with Crippen LogP contribution in [-0.4, -0.2) is 16.9 Å². The van der Waals surface area contributed by atoms with Gasteiger partial charge in [-0.25, -0.2) is 0 Å². The third-order valence-corrected chi connectivity index (χ3v) is 1.99. The summed E-state index contributed by atoms with van der Waals surface area (Å²) in [6, 6.07) is 0. The van der Waals surface area contributed by atoms with Crippen LogP contribution in [0.15, 0.2) is 11.6 Å². The molecule has 0 radical (unpaired) electrons. The monoisotopic (exact) mass is 198 g/mol. The minimum atomic E-state index is -0.741. The van der Waals surface area contributed by atoms with Gasteiger partial charge >= 0.3 is 5.97 Å². The zero-order chi connectivity index (χ0) is 11.1. The van der Waals surface area contributed by atoms with Crippen LogP contribution in [0.5, 0.6) is 0 Å². The van der Waals surface area contributed by atoms with Crippen molar-refractivity contribution >= 4 is 11.8 Å². The maximum Gasteiger partial charge on any atom is 0.305 e. The molecule has 1 N–H and O–H groups in total. The molecule has 0 aromatic rings. The number of aliphatic carboxylic acids is 1. The highest BCUT2D eigenvalue weighted by atomic mass is 16.4. The second-order valence-electron chi connectivity index (χ2n) is 3.67. The van der Waals surface area contributed by atoms with Crippen molar-refractivity contribution in [1.29, 1.82) is 0 Å². The lowest BCUT2D eigenvalue weighted by Crippen LogP contribution is -2.03. The molecule has 0 saturated heterocycles. The molecule has 0 unspecified atom stereocenters. The van der Waals surface area contributed by atoms with Gasteiger partial charge in [0.1, 0.15) is 0 Å². The van der Waals surface area contributed by atoms with Gasteiger partial charge in [0.2, 0.25) is 0 Å². The fourth-order valence-corrected chi connectivity index (χ4v) is 0.991. The van der Waals surface area contributed by atoms with Crippen molar-refractivity contribution in [1.82, 2.24) is 0 Å². The molecule has 80 valence electrons. The van der Waals surface area contributed by atoms with Gasteiger partial charge in [-0.15, -0.1) is 0 Å². The van der Waals surface area contributed by atoms with Crippen molar-refractivity contribution in [2.24, 2.45) is 5.92 Å². The Kier molecular flexibility index (Phi) is 5.84. The molecule has 0 amide bonds. The molecular formula is C11H18O3. The third kappa shape index (κ3) is 5.51.